The van der Waals surface area contributed by atoms with Gasteiger partial charge in [-0.05, 0) is 12.5 Å². The number of sulfone groups is 1. The van der Waals surface area contributed by atoms with Crippen molar-refractivity contribution in [3.8, 4) is 0 Å². The molecule has 13 heavy (non-hydrogen) atoms. The lowest BCUT2D eigenvalue weighted by Crippen LogP contribution is -2.12. The Morgan fingerprint density at radius 1 is 1.62 bits per heavy atom. The first-order chi connectivity index (χ1) is 6.08. The standard InChI is InChI=1S/C7H9ClN2O2S/c8-7-1-3-9-10(7)6-2-4-13(11,12)5-6/h1,3,6H,2,4-5H2. The van der Waals surface area contributed by atoms with Gasteiger partial charge in [0.2, 0.25) is 0 Å². The average Bonchev–Trinajstić information content (AvgIpc) is 2.56. The fourth-order valence-corrected chi connectivity index (χ4v) is 3.47. The summed E-state index contributed by atoms with van der Waals surface area (Å²) in [4.78, 5) is 0. The predicted octanol–water partition coefficient (Wildman–Crippen LogP) is 0.896. The number of halogens is 1. The molecule has 1 saturated heterocycles. The van der Waals surface area contributed by atoms with E-state index in [9.17, 15) is 8.42 Å². The molecule has 1 atom stereocenters. The Hall–Kier alpha value is -0.550. The van der Waals surface area contributed by atoms with Crippen molar-refractivity contribution in [1.29, 1.82) is 0 Å². The molecule has 0 radical (unpaired) electrons. The highest BCUT2D eigenvalue weighted by molar-refractivity contribution is 7.91. The quantitative estimate of drug-likeness (QED) is 0.707. The van der Waals surface area contributed by atoms with E-state index in [0.29, 0.717) is 11.6 Å². The maximum Gasteiger partial charge on any atom is 0.152 e. The van der Waals surface area contributed by atoms with Crippen molar-refractivity contribution in [3.63, 3.8) is 0 Å². The van der Waals surface area contributed by atoms with Crippen LogP contribution in [-0.2, 0) is 9.84 Å². The molecule has 0 saturated carbocycles. The Morgan fingerprint density at radius 2 is 2.38 bits per heavy atom. The third kappa shape index (κ3) is 1.71. The minimum absolute atomic E-state index is 0.0764. The second-order valence-electron chi connectivity index (χ2n) is 3.16. The molecule has 4 nitrogen and oxygen atoms in total. The van der Waals surface area contributed by atoms with Gasteiger partial charge in [0.25, 0.3) is 0 Å². The average molecular weight is 221 g/mol. The fraction of sp³-hybridized carbons (Fsp3) is 0.571. The van der Waals surface area contributed by atoms with Gasteiger partial charge in [0, 0.05) is 0 Å². The number of hydrogen-bond donors (Lipinski definition) is 0. The molecule has 1 aliphatic heterocycles. The van der Waals surface area contributed by atoms with Gasteiger partial charge in [-0.3, -0.25) is 0 Å². The Morgan fingerprint density at radius 3 is 2.85 bits per heavy atom. The third-order valence-corrected chi connectivity index (χ3v) is 4.23. The van der Waals surface area contributed by atoms with Gasteiger partial charge in [-0.1, -0.05) is 11.6 Å². The number of hydrogen-bond acceptors (Lipinski definition) is 3. The van der Waals surface area contributed by atoms with E-state index in [1.165, 1.54) is 0 Å². The van der Waals surface area contributed by atoms with Crippen molar-refractivity contribution in [2.75, 3.05) is 11.5 Å². The maximum atomic E-state index is 11.2. The van der Waals surface area contributed by atoms with Crippen LogP contribution >= 0.6 is 11.6 Å². The minimum Gasteiger partial charge on any atom is -0.250 e. The highest BCUT2D eigenvalue weighted by Crippen LogP contribution is 2.25. The zero-order valence-electron chi connectivity index (χ0n) is 6.85. The summed E-state index contributed by atoms with van der Waals surface area (Å²) in [6.45, 7) is 0. The lowest BCUT2D eigenvalue weighted by Gasteiger charge is -2.08. The molecule has 0 N–H and O–H groups in total. The number of rotatable bonds is 1. The van der Waals surface area contributed by atoms with E-state index in [4.69, 9.17) is 11.6 Å². The Balaban J connectivity index is 2.26. The molecule has 1 aromatic heterocycles. The first kappa shape index (κ1) is 9.02. The molecule has 2 heterocycles. The molecule has 2 rings (SSSR count). The molecule has 1 aromatic rings. The molecule has 0 bridgehead atoms. The molecular weight excluding hydrogens is 212 g/mol. The van der Waals surface area contributed by atoms with E-state index < -0.39 is 9.84 Å². The summed E-state index contributed by atoms with van der Waals surface area (Å²) in [6, 6.07) is 1.58. The zero-order chi connectivity index (χ0) is 9.47. The van der Waals surface area contributed by atoms with Gasteiger partial charge in [-0.2, -0.15) is 5.10 Å². The fourth-order valence-electron chi connectivity index (χ4n) is 1.54. The summed E-state index contributed by atoms with van der Waals surface area (Å²) in [5, 5.41) is 4.49. The summed E-state index contributed by atoms with van der Waals surface area (Å²) in [7, 11) is -2.86. The van der Waals surface area contributed by atoms with E-state index in [2.05, 4.69) is 5.10 Å². The van der Waals surface area contributed by atoms with Gasteiger partial charge in [0.1, 0.15) is 5.15 Å². The Labute approximate surface area is 81.4 Å². The van der Waals surface area contributed by atoms with Crippen LogP contribution < -0.4 is 0 Å². The maximum absolute atomic E-state index is 11.2. The smallest absolute Gasteiger partial charge is 0.152 e. The van der Waals surface area contributed by atoms with Crippen LogP contribution in [0.5, 0.6) is 0 Å². The van der Waals surface area contributed by atoms with Gasteiger partial charge < -0.3 is 0 Å². The van der Waals surface area contributed by atoms with E-state index in [1.807, 2.05) is 0 Å². The first-order valence-corrected chi connectivity index (χ1v) is 6.18. The van der Waals surface area contributed by atoms with Crippen LogP contribution in [0.2, 0.25) is 5.15 Å². The second-order valence-corrected chi connectivity index (χ2v) is 5.77. The normalized spacial score (nSPS) is 26.4. The molecule has 0 aromatic carbocycles. The summed E-state index contributed by atoms with van der Waals surface area (Å²) >= 11 is 5.82. The Kier molecular flexibility index (Phi) is 2.08. The molecule has 0 spiro atoms. The summed E-state index contributed by atoms with van der Waals surface area (Å²) in [5.41, 5.74) is 0. The van der Waals surface area contributed by atoms with Gasteiger partial charge in [0.15, 0.2) is 9.84 Å². The second kappa shape index (κ2) is 2.99. The summed E-state index contributed by atoms with van der Waals surface area (Å²) in [5.74, 6) is 0.405. The number of aromatic nitrogens is 2. The first-order valence-electron chi connectivity index (χ1n) is 3.98. The Bertz CT molecular complexity index is 412. The van der Waals surface area contributed by atoms with Crippen molar-refractivity contribution in [2.24, 2.45) is 0 Å². The van der Waals surface area contributed by atoms with Crippen LogP contribution in [0.1, 0.15) is 12.5 Å². The molecule has 1 fully saturated rings. The lowest BCUT2D eigenvalue weighted by atomic mass is 10.3. The zero-order valence-corrected chi connectivity index (χ0v) is 8.42. The lowest BCUT2D eigenvalue weighted by molar-refractivity contribution is 0.500. The molecule has 0 amide bonds. The predicted molar refractivity (Wildman–Crippen MR) is 49.5 cm³/mol. The minimum atomic E-state index is -2.86. The van der Waals surface area contributed by atoms with Gasteiger partial charge in [0.05, 0.1) is 23.7 Å². The molecule has 1 unspecified atom stereocenters. The monoisotopic (exact) mass is 220 g/mol. The van der Waals surface area contributed by atoms with Crippen LogP contribution in [0, 0.1) is 0 Å². The van der Waals surface area contributed by atoms with Gasteiger partial charge >= 0.3 is 0 Å². The van der Waals surface area contributed by atoms with E-state index in [1.54, 1.807) is 16.9 Å². The molecule has 6 heteroatoms. The van der Waals surface area contributed by atoms with Crippen molar-refractivity contribution < 1.29 is 8.42 Å². The van der Waals surface area contributed by atoms with E-state index in [0.717, 1.165) is 0 Å². The summed E-state index contributed by atoms with van der Waals surface area (Å²) in [6.07, 6.45) is 2.19. The van der Waals surface area contributed by atoms with Gasteiger partial charge in [-0.25, -0.2) is 13.1 Å². The largest absolute Gasteiger partial charge is 0.250 e. The molecule has 0 aliphatic carbocycles. The van der Waals surface area contributed by atoms with Crippen molar-refractivity contribution in [1.82, 2.24) is 9.78 Å². The number of nitrogens with zero attached hydrogens (tertiary/aromatic N) is 2. The summed E-state index contributed by atoms with van der Waals surface area (Å²) < 4.78 is 23.9. The van der Waals surface area contributed by atoms with Crippen LogP contribution in [0.3, 0.4) is 0 Å². The highest BCUT2D eigenvalue weighted by Gasteiger charge is 2.30. The van der Waals surface area contributed by atoms with E-state index >= 15 is 0 Å². The van der Waals surface area contributed by atoms with Gasteiger partial charge in [-0.15, -0.1) is 0 Å². The third-order valence-electron chi connectivity index (χ3n) is 2.18. The van der Waals surface area contributed by atoms with Crippen LogP contribution in [0.25, 0.3) is 0 Å². The van der Waals surface area contributed by atoms with Crippen molar-refractivity contribution in [2.45, 2.75) is 12.5 Å². The molecular formula is C7H9ClN2O2S. The van der Waals surface area contributed by atoms with Crippen molar-refractivity contribution in [3.05, 3.63) is 17.4 Å². The van der Waals surface area contributed by atoms with Crippen LogP contribution in [0.4, 0.5) is 0 Å². The SMILES string of the molecule is O=S1(=O)CCC(n2nccc2Cl)C1. The van der Waals surface area contributed by atoms with Crippen LogP contribution in [0.15, 0.2) is 12.3 Å². The molecule has 1 aliphatic rings. The topological polar surface area (TPSA) is 52.0 Å². The molecule has 72 valence electrons. The van der Waals surface area contributed by atoms with E-state index in [-0.39, 0.29) is 17.5 Å². The highest BCUT2D eigenvalue weighted by atomic mass is 35.5. The van der Waals surface area contributed by atoms with Crippen LogP contribution in [-0.4, -0.2) is 29.7 Å². The van der Waals surface area contributed by atoms with Crippen molar-refractivity contribution >= 4 is 21.4 Å².